The van der Waals surface area contributed by atoms with E-state index in [4.69, 9.17) is 17.0 Å². The van der Waals surface area contributed by atoms with Gasteiger partial charge < -0.3 is 0 Å². The molecular weight excluding hydrogens is 619 g/mol. The summed E-state index contributed by atoms with van der Waals surface area (Å²) in [5.41, 5.74) is 12.9. The van der Waals surface area contributed by atoms with Crippen LogP contribution >= 0.6 is 17.0 Å². The van der Waals surface area contributed by atoms with Crippen LogP contribution in [0.3, 0.4) is 0 Å². The molecule has 2 aliphatic carbocycles. The fourth-order valence-electron chi connectivity index (χ4n) is 6.59. The third-order valence-corrected chi connectivity index (χ3v) is 20.8. The summed E-state index contributed by atoms with van der Waals surface area (Å²) in [6.07, 6.45) is 8.65. The van der Waals surface area contributed by atoms with E-state index < -0.39 is 17.9 Å². The van der Waals surface area contributed by atoms with Crippen molar-refractivity contribution in [3.8, 4) is 33.4 Å². The van der Waals surface area contributed by atoms with Crippen LogP contribution in [0.25, 0.3) is 33.4 Å². The Labute approximate surface area is 257 Å². The zero-order chi connectivity index (χ0) is 29.2. The Morgan fingerprint density at radius 3 is 1.29 bits per heavy atom. The van der Waals surface area contributed by atoms with Gasteiger partial charge in [0, 0.05) is 0 Å². The molecule has 0 N–H and O–H groups in total. The number of halogens is 2. The molecule has 0 saturated heterocycles. The SMILES string of the molecule is CC(C)(C)c1cc2c(cc1-c1ccccc1)[CH]([Zr]([Cl])([Cl])[CH]1C=CC=C1)c1cc(-c3ccccc3)c(C(C)(C)C)cc1-2. The van der Waals surface area contributed by atoms with Gasteiger partial charge in [-0.1, -0.05) is 0 Å². The molecule has 208 valence electrons. The van der Waals surface area contributed by atoms with E-state index in [1.165, 1.54) is 55.6 Å². The molecule has 0 atom stereocenters. The first-order valence-electron chi connectivity index (χ1n) is 14.6. The van der Waals surface area contributed by atoms with Gasteiger partial charge in [0.2, 0.25) is 0 Å². The second kappa shape index (κ2) is 10.5. The number of benzene rings is 4. The van der Waals surface area contributed by atoms with Crippen molar-refractivity contribution in [2.75, 3.05) is 0 Å². The number of rotatable bonds is 4. The van der Waals surface area contributed by atoms with Crippen LogP contribution in [0.4, 0.5) is 0 Å². The van der Waals surface area contributed by atoms with Crippen LogP contribution in [0.1, 0.15) is 67.4 Å². The topological polar surface area (TPSA) is 0 Å². The molecule has 0 nitrogen and oxygen atoms in total. The molecule has 4 aromatic rings. The second-order valence-electron chi connectivity index (χ2n) is 13.6. The molecule has 41 heavy (non-hydrogen) atoms. The summed E-state index contributed by atoms with van der Waals surface area (Å²) >= 11 is -3.91. The average Bonchev–Trinajstić information content (AvgIpc) is 3.59. The minimum atomic E-state index is -3.91. The van der Waals surface area contributed by atoms with Crippen LogP contribution in [0.15, 0.2) is 109 Å². The summed E-state index contributed by atoms with van der Waals surface area (Å²) in [5, 5.41) is 0. The van der Waals surface area contributed by atoms with Crippen molar-refractivity contribution in [2.24, 2.45) is 0 Å². The minimum absolute atomic E-state index is 0.0167. The Morgan fingerprint density at radius 1 is 0.537 bits per heavy atom. The molecule has 0 amide bonds. The van der Waals surface area contributed by atoms with E-state index in [0.29, 0.717) is 0 Å². The molecule has 0 heterocycles. The van der Waals surface area contributed by atoms with Gasteiger partial charge in [-0.15, -0.1) is 0 Å². The van der Waals surface area contributed by atoms with E-state index in [-0.39, 0.29) is 18.1 Å². The van der Waals surface area contributed by atoms with Gasteiger partial charge in [-0.25, -0.2) is 0 Å². The molecule has 0 bridgehead atoms. The van der Waals surface area contributed by atoms with E-state index in [9.17, 15) is 0 Å². The van der Waals surface area contributed by atoms with Crippen molar-refractivity contribution in [1.82, 2.24) is 0 Å². The number of hydrogen-bond acceptors (Lipinski definition) is 0. The molecule has 2 aliphatic rings. The number of hydrogen-bond donors (Lipinski definition) is 0. The first-order valence-corrected chi connectivity index (χ1v) is 23.7. The van der Waals surface area contributed by atoms with Crippen LogP contribution in [0.2, 0.25) is 3.63 Å². The summed E-state index contributed by atoms with van der Waals surface area (Å²) in [6, 6.07) is 31.4. The van der Waals surface area contributed by atoms with E-state index in [2.05, 4.69) is 151 Å². The van der Waals surface area contributed by atoms with Crippen molar-refractivity contribution in [3.05, 3.63) is 131 Å². The van der Waals surface area contributed by atoms with Crippen LogP contribution in [-0.2, 0) is 28.7 Å². The second-order valence-corrected chi connectivity index (χ2v) is 28.5. The first-order chi connectivity index (χ1) is 19.4. The molecule has 0 radical (unpaired) electrons. The molecular formula is C38H38Cl2Zr. The maximum atomic E-state index is 7.73. The third kappa shape index (κ3) is 5.18. The van der Waals surface area contributed by atoms with E-state index in [1.54, 1.807) is 0 Å². The van der Waals surface area contributed by atoms with Gasteiger partial charge in [0.05, 0.1) is 0 Å². The molecule has 0 aliphatic heterocycles. The van der Waals surface area contributed by atoms with Gasteiger partial charge in [0.1, 0.15) is 0 Å². The summed E-state index contributed by atoms with van der Waals surface area (Å²) in [6.45, 7) is 13.9. The number of allylic oxidation sites excluding steroid dienone is 4. The summed E-state index contributed by atoms with van der Waals surface area (Å²) in [4.78, 5) is 0. The predicted molar refractivity (Wildman–Crippen MR) is 176 cm³/mol. The van der Waals surface area contributed by atoms with E-state index in [0.717, 1.165) is 0 Å². The van der Waals surface area contributed by atoms with Gasteiger partial charge >= 0.3 is 259 Å². The molecule has 0 aromatic heterocycles. The van der Waals surface area contributed by atoms with Crippen molar-refractivity contribution in [1.29, 1.82) is 0 Å². The summed E-state index contributed by atoms with van der Waals surface area (Å²) in [7, 11) is 15.5. The Hall–Kier alpha value is -2.18. The fourth-order valence-corrected chi connectivity index (χ4v) is 17.1. The Kier molecular flexibility index (Phi) is 7.42. The molecule has 0 unspecified atom stereocenters. The Morgan fingerprint density at radius 2 is 0.927 bits per heavy atom. The number of fused-ring (bicyclic) bond motifs is 3. The maximum absolute atomic E-state index is 7.73. The summed E-state index contributed by atoms with van der Waals surface area (Å²) in [5.74, 6) is 0. The predicted octanol–water partition coefficient (Wildman–Crippen LogP) is 12.1. The van der Waals surface area contributed by atoms with Crippen molar-refractivity contribution in [3.63, 3.8) is 0 Å². The average molecular weight is 657 g/mol. The quantitative estimate of drug-likeness (QED) is 0.205. The normalized spacial score (nSPS) is 15.4. The first kappa shape index (κ1) is 28.9. The third-order valence-electron chi connectivity index (χ3n) is 8.65. The van der Waals surface area contributed by atoms with Gasteiger partial charge in [-0.3, -0.25) is 0 Å². The molecule has 0 spiro atoms. The van der Waals surface area contributed by atoms with Gasteiger partial charge in [-0.05, 0) is 0 Å². The molecule has 0 fully saturated rings. The standard InChI is InChI=1S/C33H33.C5H5.2ClH.Zr/c1-32(2,3)30-20-26-24(18-28(30)22-13-9-7-10-14-22)17-25-19-29(23-15-11-8-12-16-23)31(21-27(25)26)33(4,5)6;1-2-4-5-3-1;;;/h7-21H,1-6H3;1-5H;2*1H;/q;;;;+2/p-2. The van der Waals surface area contributed by atoms with Gasteiger partial charge in [0.15, 0.2) is 0 Å². The van der Waals surface area contributed by atoms with Crippen molar-refractivity contribution >= 4 is 17.0 Å². The molecule has 0 saturated carbocycles. The van der Waals surface area contributed by atoms with Crippen LogP contribution in [-0.4, -0.2) is 0 Å². The van der Waals surface area contributed by atoms with Crippen molar-refractivity contribution in [2.45, 2.75) is 59.6 Å². The Bertz CT molecular complexity index is 1550. The Balaban J connectivity index is 1.70. The zero-order valence-corrected chi connectivity index (χ0v) is 28.8. The van der Waals surface area contributed by atoms with Gasteiger partial charge in [0.25, 0.3) is 0 Å². The van der Waals surface area contributed by atoms with Gasteiger partial charge in [-0.2, -0.15) is 0 Å². The van der Waals surface area contributed by atoms with E-state index in [1.807, 2.05) is 0 Å². The molecule has 6 rings (SSSR count). The summed E-state index contributed by atoms with van der Waals surface area (Å²) < 4.78 is 0.143. The zero-order valence-electron chi connectivity index (χ0n) is 24.8. The van der Waals surface area contributed by atoms with Crippen LogP contribution < -0.4 is 0 Å². The van der Waals surface area contributed by atoms with Crippen molar-refractivity contribution < 1.29 is 17.9 Å². The monoisotopic (exact) mass is 654 g/mol. The van der Waals surface area contributed by atoms with E-state index >= 15 is 0 Å². The fraction of sp³-hybridized carbons (Fsp3) is 0.263. The van der Waals surface area contributed by atoms with Crippen LogP contribution in [0.5, 0.6) is 0 Å². The molecule has 4 aromatic carbocycles. The molecule has 3 heteroatoms. The van der Waals surface area contributed by atoms with Crippen LogP contribution in [0, 0.1) is 0 Å².